The zero-order valence-electron chi connectivity index (χ0n) is 28.9. The summed E-state index contributed by atoms with van der Waals surface area (Å²) in [6.45, 7) is 3.65. The van der Waals surface area contributed by atoms with Gasteiger partial charge in [0.1, 0.15) is 31.7 Å². The van der Waals surface area contributed by atoms with Gasteiger partial charge in [-0.3, -0.25) is 0 Å². The molecule has 1 heterocycles. The molecule has 0 radical (unpaired) electrons. The van der Waals surface area contributed by atoms with E-state index in [0.717, 1.165) is 21.2 Å². The Labute approximate surface area is 351 Å². The molecule has 6 aromatic carbocycles. The number of benzene rings is 6. The van der Waals surface area contributed by atoms with Crippen LogP contribution in [0.15, 0.2) is 155 Å². The molecule has 0 spiro atoms. The van der Waals surface area contributed by atoms with Gasteiger partial charge in [0, 0.05) is 27.2 Å². The number of hydrogen-bond donors (Lipinski definition) is 0. The van der Waals surface area contributed by atoms with E-state index in [1.807, 2.05) is 135 Å². The van der Waals surface area contributed by atoms with E-state index in [1.54, 1.807) is 0 Å². The minimum atomic E-state index is -4.95. The van der Waals surface area contributed by atoms with E-state index in [4.69, 9.17) is 4.74 Å². The molecule has 0 amide bonds. The predicted molar refractivity (Wildman–Crippen MR) is 198 cm³/mol. The van der Waals surface area contributed by atoms with Crippen LogP contribution in [0.3, 0.4) is 0 Å². The molecule has 1 aliphatic rings. The van der Waals surface area contributed by atoms with Crippen molar-refractivity contribution in [1.82, 2.24) is 0 Å². The van der Waals surface area contributed by atoms with Crippen molar-refractivity contribution in [1.29, 1.82) is 0 Å². The van der Waals surface area contributed by atoms with Gasteiger partial charge in [0.25, 0.3) is 0 Å². The van der Waals surface area contributed by atoms with Gasteiger partial charge in [0.2, 0.25) is 0 Å². The Bertz CT molecular complexity index is 2190. The largest absolute Gasteiger partial charge is 1.00 e. The molecule has 0 atom stereocenters. The first-order chi connectivity index (χ1) is 23.8. The summed E-state index contributed by atoms with van der Waals surface area (Å²) in [5.74, 6) is 0.785. The second-order valence-corrected chi connectivity index (χ2v) is 19.4. The van der Waals surface area contributed by atoms with Gasteiger partial charge < -0.3 is 13.8 Å². The third-order valence-electron chi connectivity index (χ3n) is 8.75. The van der Waals surface area contributed by atoms with Gasteiger partial charge in [0.05, 0.1) is 9.79 Å². The van der Waals surface area contributed by atoms with Crippen molar-refractivity contribution < 1.29 is 89.8 Å². The fourth-order valence-corrected chi connectivity index (χ4v) is 12.4. The number of fused-ring (bicyclic) bond motifs is 2. The Morgan fingerprint density at radius 1 is 0.481 bits per heavy atom. The zero-order chi connectivity index (χ0) is 35.3. The van der Waals surface area contributed by atoms with E-state index >= 15 is 0 Å². The molecule has 7 nitrogen and oxygen atoms in total. The van der Waals surface area contributed by atoms with Crippen LogP contribution in [0.5, 0.6) is 11.5 Å². The van der Waals surface area contributed by atoms with E-state index in [2.05, 4.69) is 0 Å². The summed E-state index contributed by atoms with van der Waals surface area (Å²) in [6.07, 6.45) is 0. The van der Waals surface area contributed by atoms with Crippen LogP contribution >= 0.6 is 15.8 Å². The van der Waals surface area contributed by atoms with Crippen molar-refractivity contribution in [2.45, 2.75) is 29.1 Å². The first kappa shape index (κ1) is 41.0. The van der Waals surface area contributed by atoms with Gasteiger partial charge in [-0.05, 0) is 61.3 Å². The molecule has 252 valence electrons. The first-order valence-corrected chi connectivity index (χ1v) is 21.1. The summed E-state index contributed by atoms with van der Waals surface area (Å²) in [5.41, 5.74) is -0.325. The fraction of sp³-hybridized carbons (Fsp3) is 0.0769. The SMILES string of the molecule is CC1(C)c2cc(S(=O)(=O)[O-])cc(P(c3ccccc3)c3ccccc3)c2Oc2c(P(c3ccccc3)c3ccccc3)cc(S(=O)(=O)[O-])cc21.[Na+].[Na+]. The van der Waals surface area contributed by atoms with E-state index in [-0.39, 0.29) is 59.1 Å². The Morgan fingerprint density at radius 3 is 1.00 bits per heavy atom. The van der Waals surface area contributed by atoms with Crippen LogP contribution in [-0.4, -0.2) is 25.9 Å². The standard InChI is InChI=1S/C39H32O7P2S2.2Na/c1-39(2)33-23-31(49(40,41)42)25-35(47(27-15-7-3-8-16-27)28-17-9-4-10-18-28)37(33)46-38-34(39)24-32(50(43,44)45)26-36(38)48(29-19-11-5-12-20-29)30-21-13-6-14-22-30;;/h3-26H,1-2H3,(H,40,41,42)(H,43,44,45);;/q;2*+1/p-2. The van der Waals surface area contributed by atoms with Gasteiger partial charge in [-0.15, -0.1) is 0 Å². The van der Waals surface area contributed by atoms with Crippen LogP contribution in [0.2, 0.25) is 0 Å². The normalized spacial score (nSPS) is 13.3. The average Bonchev–Trinajstić information content (AvgIpc) is 3.10. The topological polar surface area (TPSA) is 124 Å². The van der Waals surface area contributed by atoms with Crippen LogP contribution in [0, 0.1) is 0 Å². The van der Waals surface area contributed by atoms with Crippen LogP contribution in [0.25, 0.3) is 0 Å². The van der Waals surface area contributed by atoms with Crippen molar-refractivity contribution >= 4 is 67.9 Å². The second kappa shape index (κ2) is 16.3. The first-order valence-electron chi connectivity index (χ1n) is 15.6. The summed E-state index contributed by atoms with van der Waals surface area (Å²) < 4.78 is 83.5. The molecule has 0 aromatic heterocycles. The van der Waals surface area contributed by atoms with Crippen LogP contribution in [0.4, 0.5) is 0 Å². The monoisotopic (exact) mass is 782 g/mol. The molecule has 1 aliphatic heterocycles. The smallest absolute Gasteiger partial charge is 0.744 e. The molecule has 0 N–H and O–H groups in total. The maximum Gasteiger partial charge on any atom is 1.00 e. The van der Waals surface area contributed by atoms with Gasteiger partial charge in [-0.25, -0.2) is 16.8 Å². The van der Waals surface area contributed by atoms with Crippen molar-refractivity contribution in [3.63, 3.8) is 0 Å². The van der Waals surface area contributed by atoms with Crippen molar-refractivity contribution in [2.75, 3.05) is 0 Å². The van der Waals surface area contributed by atoms with Gasteiger partial charge in [0.15, 0.2) is 0 Å². The molecule has 0 saturated carbocycles. The summed E-state index contributed by atoms with van der Waals surface area (Å²) in [7, 11) is -12.8. The third kappa shape index (κ3) is 8.08. The Hall–Kier alpha value is -2.20. The van der Waals surface area contributed by atoms with E-state index in [0.29, 0.717) is 33.2 Å². The maximum absolute atomic E-state index is 12.8. The number of rotatable bonds is 8. The second-order valence-electron chi connectivity index (χ2n) is 12.3. The van der Waals surface area contributed by atoms with Crippen molar-refractivity contribution in [2.24, 2.45) is 0 Å². The van der Waals surface area contributed by atoms with Gasteiger partial charge in [-0.2, -0.15) is 0 Å². The molecule has 0 bridgehead atoms. The molecule has 6 aromatic rings. The predicted octanol–water partition coefficient (Wildman–Crippen LogP) is -0.549. The van der Waals surface area contributed by atoms with Crippen LogP contribution in [0.1, 0.15) is 25.0 Å². The minimum Gasteiger partial charge on any atom is -0.744 e. The molecule has 0 fully saturated rings. The molecule has 0 aliphatic carbocycles. The summed E-state index contributed by atoms with van der Waals surface area (Å²) in [4.78, 5) is -0.844. The van der Waals surface area contributed by atoms with Gasteiger partial charge in [-0.1, -0.05) is 135 Å². The fourth-order valence-electron chi connectivity index (χ4n) is 6.35. The third-order valence-corrected chi connectivity index (χ3v) is 15.3. The van der Waals surface area contributed by atoms with Crippen molar-refractivity contribution in [3.05, 3.63) is 157 Å². The number of ether oxygens (including phenoxy) is 1. The van der Waals surface area contributed by atoms with E-state index in [9.17, 15) is 25.9 Å². The molecule has 13 heteroatoms. The summed E-state index contributed by atoms with van der Waals surface area (Å²) >= 11 is 0. The minimum absolute atomic E-state index is 0. The van der Waals surface area contributed by atoms with Crippen molar-refractivity contribution in [3.8, 4) is 11.5 Å². The van der Waals surface area contributed by atoms with E-state index < -0.39 is 51.3 Å². The maximum atomic E-state index is 12.8. The van der Waals surface area contributed by atoms with Crippen LogP contribution in [-0.2, 0) is 25.7 Å². The molecule has 7 rings (SSSR count). The Balaban J connectivity index is 0.00000261. The Kier molecular flexibility index (Phi) is 12.8. The van der Waals surface area contributed by atoms with E-state index in [1.165, 1.54) is 24.3 Å². The summed E-state index contributed by atoms with van der Waals surface area (Å²) in [6, 6.07) is 44.0. The summed E-state index contributed by atoms with van der Waals surface area (Å²) in [5, 5.41) is 4.69. The zero-order valence-corrected chi connectivity index (χ0v) is 36.3. The molecule has 0 unspecified atom stereocenters. The Morgan fingerprint density at radius 2 is 0.750 bits per heavy atom. The molecular formula is C39H30Na2O7P2S2. The molecular weight excluding hydrogens is 752 g/mol. The number of hydrogen-bond acceptors (Lipinski definition) is 7. The van der Waals surface area contributed by atoms with Crippen LogP contribution < -0.4 is 95.7 Å². The van der Waals surface area contributed by atoms with Gasteiger partial charge >= 0.3 is 59.1 Å². The molecule has 52 heavy (non-hydrogen) atoms. The molecule has 0 saturated heterocycles. The quantitative estimate of drug-likeness (QED) is 0.116. The average molecular weight is 783 g/mol.